The van der Waals surface area contributed by atoms with Crippen molar-refractivity contribution in [2.24, 2.45) is 10.4 Å². The van der Waals surface area contributed by atoms with E-state index in [0.717, 1.165) is 32.0 Å². The second kappa shape index (κ2) is 10.4. The van der Waals surface area contributed by atoms with E-state index < -0.39 is 0 Å². The first-order chi connectivity index (χ1) is 9.86. The first-order valence-electron chi connectivity index (χ1n) is 7.53. The van der Waals surface area contributed by atoms with Crippen molar-refractivity contribution in [3.8, 4) is 0 Å². The van der Waals surface area contributed by atoms with Gasteiger partial charge in [-0.1, -0.05) is 20.8 Å². The molecule has 6 heteroatoms. The van der Waals surface area contributed by atoms with E-state index in [2.05, 4.69) is 67.5 Å². The van der Waals surface area contributed by atoms with Gasteiger partial charge in [-0.15, -0.1) is 35.3 Å². The normalized spacial score (nSPS) is 12.2. The second-order valence-corrected chi connectivity index (χ2v) is 7.66. The molecule has 0 atom stereocenters. The number of guanidine groups is 1. The van der Waals surface area contributed by atoms with Gasteiger partial charge in [-0.25, -0.2) is 0 Å². The summed E-state index contributed by atoms with van der Waals surface area (Å²) in [6.45, 7) is 9.49. The van der Waals surface area contributed by atoms with Crippen LogP contribution in [0.3, 0.4) is 0 Å². The van der Waals surface area contributed by atoms with E-state index in [1.54, 1.807) is 0 Å². The van der Waals surface area contributed by atoms with Gasteiger partial charge in [0.1, 0.15) is 0 Å². The van der Waals surface area contributed by atoms with Gasteiger partial charge in [0.2, 0.25) is 0 Å². The molecule has 0 aliphatic carbocycles. The quantitative estimate of drug-likeness (QED) is 0.390. The molecule has 1 aromatic rings. The highest BCUT2D eigenvalue weighted by Gasteiger charge is 2.19. The van der Waals surface area contributed by atoms with E-state index in [0.29, 0.717) is 0 Å². The van der Waals surface area contributed by atoms with Crippen molar-refractivity contribution < 1.29 is 0 Å². The molecule has 0 fully saturated rings. The minimum Gasteiger partial charge on any atom is -0.356 e. The van der Waals surface area contributed by atoms with E-state index in [4.69, 9.17) is 0 Å². The van der Waals surface area contributed by atoms with Crippen molar-refractivity contribution in [3.63, 3.8) is 0 Å². The van der Waals surface area contributed by atoms with Gasteiger partial charge in [0.25, 0.3) is 0 Å². The smallest absolute Gasteiger partial charge is 0.191 e. The lowest BCUT2D eigenvalue weighted by Crippen LogP contribution is -2.44. The van der Waals surface area contributed by atoms with Gasteiger partial charge < -0.3 is 15.5 Å². The van der Waals surface area contributed by atoms with E-state index in [9.17, 15) is 0 Å². The SMILES string of the molecule is CCc1ccc(CNC(=NC)NCC(C)(C)CN(C)C)s1.I. The van der Waals surface area contributed by atoms with Crippen molar-refractivity contribution in [2.75, 3.05) is 34.2 Å². The van der Waals surface area contributed by atoms with Gasteiger partial charge >= 0.3 is 0 Å². The Labute approximate surface area is 156 Å². The molecule has 128 valence electrons. The molecule has 0 saturated heterocycles. The highest BCUT2D eigenvalue weighted by atomic mass is 127. The molecule has 0 radical (unpaired) electrons. The maximum absolute atomic E-state index is 4.30. The average molecular weight is 438 g/mol. The van der Waals surface area contributed by atoms with Crippen LogP contribution in [0.5, 0.6) is 0 Å². The standard InChI is InChI=1S/C16H30N4S.HI/c1-7-13-8-9-14(21-13)10-18-15(17-4)19-11-16(2,3)12-20(5)6;/h8-9H,7,10-12H2,1-6H3,(H2,17,18,19);1H. The maximum Gasteiger partial charge on any atom is 0.191 e. The van der Waals surface area contributed by atoms with E-state index in [1.807, 2.05) is 18.4 Å². The van der Waals surface area contributed by atoms with Gasteiger partial charge in [-0.2, -0.15) is 0 Å². The van der Waals surface area contributed by atoms with Crippen molar-refractivity contribution in [3.05, 3.63) is 21.9 Å². The first kappa shape index (κ1) is 21.7. The molecule has 0 aromatic carbocycles. The minimum atomic E-state index is 0. The van der Waals surface area contributed by atoms with Crippen molar-refractivity contribution >= 4 is 41.3 Å². The van der Waals surface area contributed by atoms with Gasteiger partial charge in [0.15, 0.2) is 5.96 Å². The molecule has 4 nitrogen and oxygen atoms in total. The van der Waals surface area contributed by atoms with Crippen LogP contribution in [0, 0.1) is 5.41 Å². The molecule has 1 rings (SSSR count). The Kier molecular flexibility index (Phi) is 10.3. The zero-order chi connectivity index (χ0) is 15.9. The van der Waals surface area contributed by atoms with Gasteiger partial charge in [-0.3, -0.25) is 4.99 Å². The summed E-state index contributed by atoms with van der Waals surface area (Å²) in [6, 6.07) is 4.40. The molecule has 0 unspecified atom stereocenters. The van der Waals surface area contributed by atoms with E-state index in [1.165, 1.54) is 9.75 Å². The highest BCUT2D eigenvalue weighted by Crippen LogP contribution is 2.16. The predicted octanol–water partition coefficient (Wildman–Crippen LogP) is 3.18. The number of thiophene rings is 1. The molecule has 0 bridgehead atoms. The summed E-state index contributed by atoms with van der Waals surface area (Å²) >= 11 is 1.87. The third kappa shape index (κ3) is 8.33. The zero-order valence-corrected chi connectivity index (χ0v) is 17.8. The maximum atomic E-state index is 4.30. The fourth-order valence-corrected chi connectivity index (χ4v) is 3.23. The highest BCUT2D eigenvalue weighted by molar-refractivity contribution is 14.0. The van der Waals surface area contributed by atoms with Crippen LogP contribution in [0.2, 0.25) is 0 Å². The van der Waals surface area contributed by atoms with E-state index in [-0.39, 0.29) is 29.4 Å². The molecular weight excluding hydrogens is 407 g/mol. The van der Waals surface area contributed by atoms with Crippen LogP contribution in [0.25, 0.3) is 0 Å². The van der Waals surface area contributed by atoms with Crippen LogP contribution >= 0.6 is 35.3 Å². The minimum absolute atomic E-state index is 0. The number of hydrogen-bond acceptors (Lipinski definition) is 3. The molecule has 22 heavy (non-hydrogen) atoms. The summed E-state index contributed by atoms with van der Waals surface area (Å²) in [7, 11) is 6.04. The monoisotopic (exact) mass is 438 g/mol. The molecule has 1 aromatic heterocycles. The number of aliphatic imine (C=N–C) groups is 1. The van der Waals surface area contributed by atoms with Crippen LogP contribution in [-0.2, 0) is 13.0 Å². The molecule has 0 amide bonds. The summed E-state index contributed by atoms with van der Waals surface area (Å²) in [5.74, 6) is 0.869. The molecule has 0 aliphatic rings. The Bertz CT molecular complexity index is 455. The number of halogens is 1. The third-order valence-corrected chi connectivity index (χ3v) is 4.43. The van der Waals surface area contributed by atoms with Gasteiger partial charge in [0.05, 0.1) is 6.54 Å². The van der Waals surface area contributed by atoms with E-state index >= 15 is 0 Å². The van der Waals surface area contributed by atoms with Crippen molar-refractivity contribution in [1.29, 1.82) is 0 Å². The summed E-state index contributed by atoms with van der Waals surface area (Å²) < 4.78 is 0. The molecule has 0 aliphatic heterocycles. The summed E-state index contributed by atoms with van der Waals surface area (Å²) in [5, 5.41) is 6.81. The molecule has 0 spiro atoms. The topological polar surface area (TPSA) is 39.7 Å². The molecular formula is C16H31IN4S. The van der Waals surface area contributed by atoms with Crippen LogP contribution < -0.4 is 10.6 Å². The number of rotatable bonds is 7. The molecule has 1 heterocycles. The van der Waals surface area contributed by atoms with Crippen LogP contribution in [0.15, 0.2) is 17.1 Å². The molecule has 2 N–H and O–H groups in total. The number of nitrogens with one attached hydrogen (secondary N) is 2. The summed E-state index contributed by atoms with van der Waals surface area (Å²) in [5.41, 5.74) is 0.208. The van der Waals surface area contributed by atoms with Crippen molar-refractivity contribution in [1.82, 2.24) is 15.5 Å². The third-order valence-electron chi connectivity index (χ3n) is 3.20. The Morgan fingerprint density at radius 3 is 2.36 bits per heavy atom. The Hall–Kier alpha value is -0.340. The fraction of sp³-hybridized carbons (Fsp3) is 0.688. The lowest BCUT2D eigenvalue weighted by atomic mass is 9.93. The Balaban J connectivity index is 0.00000441. The Morgan fingerprint density at radius 1 is 1.23 bits per heavy atom. The largest absolute Gasteiger partial charge is 0.356 e. The molecule has 0 saturated carbocycles. The fourth-order valence-electron chi connectivity index (χ4n) is 2.33. The summed E-state index contributed by atoms with van der Waals surface area (Å²) in [6.07, 6.45) is 1.11. The Morgan fingerprint density at radius 2 is 1.86 bits per heavy atom. The van der Waals surface area contributed by atoms with Crippen LogP contribution in [0.1, 0.15) is 30.5 Å². The first-order valence-corrected chi connectivity index (χ1v) is 8.35. The summed E-state index contributed by atoms with van der Waals surface area (Å²) in [4.78, 5) is 9.30. The van der Waals surface area contributed by atoms with Crippen LogP contribution in [0.4, 0.5) is 0 Å². The number of aryl methyl sites for hydroxylation is 1. The second-order valence-electron chi connectivity index (χ2n) is 6.40. The number of hydrogen-bond donors (Lipinski definition) is 2. The average Bonchev–Trinajstić information content (AvgIpc) is 2.85. The zero-order valence-electron chi connectivity index (χ0n) is 14.7. The number of nitrogens with zero attached hydrogens (tertiary/aromatic N) is 2. The van der Waals surface area contributed by atoms with Gasteiger partial charge in [0, 0.05) is 29.9 Å². The lowest BCUT2D eigenvalue weighted by molar-refractivity contribution is 0.241. The van der Waals surface area contributed by atoms with Crippen molar-refractivity contribution in [2.45, 2.75) is 33.7 Å². The van der Waals surface area contributed by atoms with Gasteiger partial charge in [-0.05, 0) is 38.1 Å². The van der Waals surface area contributed by atoms with Crippen LogP contribution in [-0.4, -0.2) is 45.1 Å². The predicted molar refractivity (Wildman–Crippen MR) is 110 cm³/mol. The lowest BCUT2D eigenvalue weighted by Gasteiger charge is -2.29.